The number of ether oxygens (including phenoxy) is 1. The van der Waals surface area contributed by atoms with Gasteiger partial charge in [0.1, 0.15) is 5.75 Å². The molecule has 0 radical (unpaired) electrons. The first-order chi connectivity index (χ1) is 10.1. The smallest absolute Gasteiger partial charge is 0.387 e. The second kappa shape index (κ2) is 6.65. The number of nitrogens with one attached hydrogen (secondary N) is 1. The van der Waals surface area contributed by atoms with E-state index >= 15 is 0 Å². The Labute approximate surface area is 119 Å². The maximum Gasteiger partial charge on any atom is 0.387 e. The van der Waals surface area contributed by atoms with Gasteiger partial charge in [0, 0.05) is 18.9 Å². The molecule has 3 N–H and O–H groups in total. The van der Waals surface area contributed by atoms with Crippen LogP contribution in [0, 0.1) is 0 Å². The summed E-state index contributed by atoms with van der Waals surface area (Å²) >= 11 is 0. The van der Waals surface area contributed by atoms with E-state index in [1.807, 2.05) is 0 Å². The monoisotopic (exact) mass is 293 g/mol. The molecule has 0 aliphatic carbocycles. The number of nitrogens with two attached hydrogens (primary N) is 1. The molecule has 0 fully saturated rings. The molecule has 1 amide bonds. The SMILES string of the molecule is NC(=O)c1cnccc1NCc1cccc(OC(F)F)c1. The van der Waals surface area contributed by atoms with Gasteiger partial charge in [-0.05, 0) is 23.8 Å². The van der Waals surface area contributed by atoms with Crippen LogP contribution in [0.3, 0.4) is 0 Å². The number of alkyl halides is 2. The van der Waals surface area contributed by atoms with Gasteiger partial charge in [-0.2, -0.15) is 8.78 Å². The van der Waals surface area contributed by atoms with Crippen LogP contribution in [-0.4, -0.2) is 17.5 Å². The number of nitrogens with zero attached hydrogens (tertiary/aromatic N) is 1. The van der Waals surface area contributed by atoms with Crippen molar-refractivity contribution in [2.75, 3.05) is 5.32 Å². The van der Waals surface area contributed by atoms with Gasteiger partial charge in [-0.25, -0.2) is 0 Å². The minimum atomic E-state index is -2.87. The molecule has 0 aliphatic heterocycles. The lowest BCUT2D eigenvalue weighted by molar-refractivity contribution is -0.0498. The number of pyridine rings is 1. The molecular formula is C14H13F2N3O2. The van der Waals surface area contributed by atoms with E-state index in [-0.39, 0.29) is 11.3 Å². The first kappa shape index (κ1) is 14.7. The fourth-order valence-corrected chi connectivity index (χ4v) is 1.77. The van der Waals surface area contributed by atoms with Gasteiger partial charge in [0.25, 0.3) is 5.91 Å². The molecule has 0 bridgehead atoms. The molecular weight excluding hydrogens is 280 g/mol. The summed E-state index contributed by atoms with van der Waals surface area (Å²) in [6.07, 6.45) is 2.88. The van der Waals surface area contributed by atoms with Crippen molar-refractivity contribution in [1.82, 2.24) is 4.98 Å². The summed E-state index contributed by atoms with van der Waals surface area (Å²) < 4.78 is 28.6. The molecule has 2 rings (SSSR count). The van der Waals surface area contributed by atoms with Gasteiger partial charge >= 0.3 is 6.61 Å². The average Bonchev–Trinajstić information content (AvgIpc) is 2.45. The average molecular weight is 293 g/mol. The van der Waals surface area contributed by atoms with E-state index in [1.54, 1.807) is 18.2 Å². The number of aromatic nitrogens is 1. The number of primary amides is 1. The largest absolute Gasteiger partial charge is 0.435 e. The van der Waals surface area contributed by atoms with E-state index in [1.165, 1.54) is 24.5 Å². The Balaban J connectivity index is 2.08. The lowest BCUT2D eigenvalue weighted by Crippen LogP contribution is -2.14. The molecule has 0 atom stereocenters. The van der Waals surface area contributed by atoms with E-state index in [9.17, 15) is 13.6 Å². The van der Waals surface area contributed by atoms with Crippen LogP contribution in [0.2, 0.25) is 0 Å². The van der Waals surface area contributed by atoms with E-state index in [0.29, 0.717) is 12.2 Å². The number of anilines is 1. The lowest BCUT2D eigenvalue weighted by atomic mass is 10.2. The highest BCUT2D eigenvalue weighted by Gasteiger charge is 2.08. The van der Waals surface area contributed by atoms with E-state index in [4.69, 9.17) is 5.73 Å². The summed E-state index contributed by atoms with van der Waals surface area (Å²) in [6, 6.07) is 7.90. The highest BCUT2D eigenvalue weighted by Crippen LogP contribution is 2.18. The first-order valence-corrected chi connectivity index (χ1v) is 6.07. The van der Waals surface area contributed by atoms with Crippen molar-refractivity contribution >= 4 is 11.6 Å². The summed E-state index contributed by atoms with van der Waals surface area (Å²) in [5, 5.41) is 3.01. The Bertz CT molecular complexity index is 635. The number of hydrogen-bond acceptors (Lipinski definition) is 4. The van der Waals surface area contributed by atoms with Crippen molar-refractivity contribution in [3.05, 3.63) is 53.9 Å². The summed E-state index contributed by atoms with van der Waals surface area (Å²) in [5.74, 6) is -0.519. The summed E-state index contributed by atoms with van der Waals surface area (Å²) in [6.45, 7) is -2.54. The zero-order valence-electron chi connectivity index (χ0n) is 10.9. The van der Waals surface area contributed by atoms with Crippen LogP contribution >= 0.6 is 0 Å². The maximum atomic E-state index is 12.1. The number of rotatable bonds is 6. The standard InChI is InChI=1S/C14H13F2N3O2/c15-14(16)21-10-3-1-2-9(6-10)7-19-12-4-5-18-8-11(12)13(17)20/h1-6,8,14H,7H2,(H2,17,20)(H,18,19). The van der Waals surface area contributed by atoms with E-state index < -0.39 is 12.5 Å². The van der Waals surface area contributed by atoms with Crippen LogP contribution < -0.4 is 15.8 Å². The number of amides is 1. The minimum Gasteiger partial charge on any atom is -0.435 e. The van der Waals surface area contributed by atoms with Crippen molar-refractivity contribution < 1.29 is 18.3 Å². The fourth-order valence-electron chi connectivity index (χ4n) is 1.77. The van der Waals surface area contributed by atoms with Gasteiger partial charge in [-0.15, -0.1) is 0 Å². The molecule has 0 saturated heterocycles. The van der Waals surface area contributed by atoms with Crippen molar-refractivity contribution in [2.24, 2.45) is 5.73 Å². The normalized spacial score (nSPS) is 10.4. The Morgan fingerprint density at radius 3 is 2.90 bits per heavy atom. The van der Waals surface area contributed by atoms with Gasteiger partial charge in [0.2, 0.25) is 0 Å². The zero-order valence-corrected chi connectivity index (χ0v) is 10.9. The van der Waals surface area contributed by atoms with E-state index in [2.05, 4.69) is 15.0 Å². The second-order valence-electron chi connectivity index (χ2n) is 4.16. The van der Waals surface area contributed by atoms with Gasteiger partial charge in [0.05, 0.1) is 11.3 Å². The molecule has 1 aromatic heterocycles. The molecule has 7 heteroatoms. The van der Waals surface area contributed by atoms with Crippen molar-refractivity contribution in [1.29, 1.82) is 0 Å². The Kier molecular flexibility index (Phi) is 4.65. The zero-order chi connectivity index (χ0) is 15.2. The molecule has 21 heavy (non-hydrogen) atoms. The minimum absolute atomic E-state index is 0.0779. The predicted molar refractivity (Wildman–Crippen MR) is 73.2 cm³/mol. The molecule has 2 aromatic rings. The highest BCUT2D eigenvalue weighted by molar-refractivity contribution is 5.98. The fraction of sp³-hybridized carbons (Fsp3) is 0.143. The van der Waals surface area contributed by atoms with Crippen LogP contribution in [-0.2, 0) is 6.54 Å². The number of hydrogen-bond donors (Lipinski definition) is 2. The molecule has 1 aromatic carbocycles. The molecule has 110 valence electrons. The van der Waals surface area contributed by atoms with Crippen molar-refractivity contribution in [2.45, 2.75) is 13.2 Å². The van der Waals surface area contributed by atoms with Crippen molar-refractivity contribution in [3.8, 4) is 5.75 Å². The molecule has 0 unspecified atom stereocenters. The number of carbonyl (C=O) groups is 1. The Hall–Kier alpha value is -2.70. The van der Waals surface area contributed by atoms with E-state index in [0.717, 1.165) is 5.56 Å². The van der Waals surface area contributed by atoms with Gasteiger partial charge in [-0.3, -0.25) is 9.78 Å². The molecule has 1 heterocycles. The van der Waals surface area contributed by atoms with Crippen LogP contribution in [0.5, 0.6) is 5.75 Å². The van der Waals surface area contributed by atoms with Gasteiger partial charge < -0.3 is 15.8 Å². The third-order valence-electron chi connectivity index (χ3n) is 2.69. The number of benzene rings is 1. The van der Waals surface area contributed by atoms with Gasteiger partial charge in [-0.1, -0.05) is 12.1 Å². The third-order valence-corrected chi connectivity index (χ3v) is 2.69. The summed E-state index contributed by atoms with van der Waals surface area (Å²) in [7, 11) is 0. The molecule has 0 saturated carbocycles. The highest BCUT2D eigenvalue weighted by atomic mass is 19.3. The number of halogens is 2. The van der Waals surface area contributed by atoms with Crippen molar-refractivity contribution in [3.63, 3.8) is 0 Å². The lowest BCUT2D eigenvalue weighted by Gasteiger charge is -2.11. The van der Waals surface area contributed by atoms with Crippen LogP contribution in [0.1, 0.15) is 15.9 Å². The third kappa shape index (κ3) is 4.13. The van der Waals surface area contributed by atoms with Gasteiger partial charge in [0.15, 0.2) is 0 Å². The van der Waals surface area contributed by atoms with Crippen LogP contribution in [0.15, 0.2) is 42.7 Å². The Morgan fingerprint density at radius 2 is 2.19 bits per heavy atom. The van der Waals surface area contributed by atoms with Crippen LogP contribution in [0.4, 0.5) is 14.5 Å². The molecule has 0 spiro atoms. The summed E-state index contributed by atoms with van der Waals surface area (Å²) in [4.78, 5) is 15.1. The van der Waals surface area contributed by atoms with Crippen LogP contribution in [0.25, 0.3) is 0 Å². The topological polar surface area (TPSA) is 77.2 Å². The second-order valence-corrected chi connectivity index (χ2v) is 4.16. The molecule has 0 aliphatic rings. The number of carbonyl (C=O) groups excluding carboxylic acids is 1. The first-order valence-electron chi connectivity index (χ1n) is 6.07. The molecule has 5 nitrogen and oxygen atoms in total. The summed E-state index contributed by atoms with van der Waals surface area (Å²) in [5.41, 5.74) is 6.75. The predicted octanol–water partition coefficient (Wildman–Crippen LogP) is 2.39. The maximum absolute atomic E-state index is 12.1. The quantitative estimate of drug-likeness (QED) is 0.857. The Morgan fingerprint density at radius 1 is 1.38 bits per heavy atom.